The van der Waals surface area contributed by atoms with E-state index in [0.29, 0.717) is 16.1 Å². The number of anilines is 1. The number of benzene rings is 3. The van der Waals surface area contributed by atoms with Gasteiger partial charge < -0.3 is 10.1 Å². The molecule has 0 fully saturated rings. The predicted octanol–water partition coefficient (Wildman–Crippen LogP) is 4.61. The first-order valence-electron chi connectivity index (χ1n) is 9.54. The fourth-order valence-corrected chi connectivity index (χ4v) is 3.57. The number of ketones is 1. The van der Waals surface area contributed by atoms with Crippen LogP contribution in [-0.2, 0) is 9.53 Å². The molecule has 0 saturated carbocycles. The number of nitriles is 1. The van der Waals surface area contributed by atoms with Crippen molar-refractivity contribution in [3.8, 4) is 6.07 Å². The summed E-state index contributed by atoms with van der Waals surface area (Å²) in [7, 11) is 0. The fraction of sp³-hybridized carbons (Fsp3) is 0.0833. The van der Waals surface area contributed by atoms with Crippen molar-refractivity contribution in [2.75, 3.05) is 17.7 Å². The highest BCUT2D eigenvalue weighted by molar-refractivity contribution is 8.00. The van der Waals surface area contributed by atoms with Crippen molar-refractivity contribution in [1.29, 1.82) is 5.26 Å². The maximum atomic E-state index is 13.3. The summed E-state index contributed by atoms with van der Waals surface area (Å²) < 4.78 is 31.3. The molecule has 0 unspecified atom stereocenters. The van der Waals surface area contributed by atoms with Crippen molar-refractivity contribution in [1.82, 2.24) is 0 Å². The van der Waals surface area contributed by atoms with E-state index in [1.165, 1.54) is 12.1 Å². The van der Waals surface area contributed by atoms with E-state index in [4.69, 9.17) is 10.00 Å². The van der Waals surface area contributed by atoms with Crippen molar-refractivity contribution in [3.05, 3.63) is 95.1 Å². The molecule has 1 amide bonds. The Labute approximate surface area is 192 Å². The van der Waals surface area contributed by atoms with Crippen LogP contribution in [0.2, 0.25) is 0 Å². The van der Waals surface area contributed by atoms with E-state index in [1.807, 2.05) is 6.07 Å². The first-order chi connectivity index (χ1) is 15.9. The van der Waals surface area contributed by atoms with E-state index in [9.17, 15) is 23.2 Å². The molecule has 166 valence electrons. The predicted molar refractivity (Wildman–Crippen MR) is 118 cm³/mol. The van der Waals surface area contributed by atoms with Crippen LogP contribution < -0.4 is 5.32 Å². The quantitative estimate of drug-likeness (QED) is 0.296. The van der Waals surface area contributed by atoms with Crippen molar-refractivity contribution in [2.45, 2.75) is 4.90 Å². The van der Waals surface area contributed by atoms with Crippen molar-refractivity contribution in [2.24, 2.45) is 0 Å². The summed E-state index contributed by atoms with van der Waals surface area (Å²) in [5.74, 6) is -4.10. The molecular weight excluding hydrogens is 450 g/mol. The third-order valence-corrected chi connectivity index (χ3v) is 5.39. The number of nitrogens with zero attached hydrogens (tertiary/aromatic N) is 1. The summed E-state index contributed by atoms with van der Waals surface area (Å²) in [5, 5.41) is 11.6. The summed E-state index contributed by atoms with van der Waals surface area (Å²) in [6.45, 7) is -0.654. The lowest BCUT2D eigenvalue weighted by atomic mass is 10.1. The van der Waals surface area contributed by atoms with Crippen molar-refractivity contribution >= 4 is 35.1 Å². The SMILES string of the molecule is N#Cc1cccc(NC(=O)CSc2ccccc2C(=O)OCC(=O)c2ccc(F)c(F)c2)c1. The van der Waals surface area contributed by atoms with Gasteiger partial charge in [-0.15, -0.1) is 11.8 Å². The number of carbonyl (C=O) groups excluding carboxylic acids is 3. The van der Waals surface area contributed by atoms with Gasteiger partial charge in [-0.25, -0.2) is 13.6 Å². The fourth-order valence-electron chi connectivity index (χ4n) is 2.73. The highest BCUT2D eigenvalue weighted by atomic mass is 32.2. The zero-order valence-electron chi connectivity index (χ0n) is 17.0. The second-order valence-electron chi connectivity index (χ2n) is 6.65. The second-order valence-corrected chi connectivity index (χ2v) is 7.67. The normalized spacial score (nSPS) is 10.2. The minimum absolute atomic E-state index is 0.0190. The Bertz CT molecular complexity index is 1260. The second kappa shape index (κ2) is 11.0. The molecule has 1 N–H and O–H groups in total. The van der Waals surface area contributed by atoms with E-state index >= 15 is 0 Å². The third-order valence-electron chi connectivity index (χ3n) is 4.32. The lowest BCUT2D eigenvalue weighted by Crippen LogP contribution is -2.16. The number of hydrogen-bond donors (Lipinski definition) is 1. The number of thioether (sulfide) groups is 1. The molecule has 0 spiro atoms. The van der Waals surface area contributed by atoms with Crippen LogP contribution in [0.25, 0.3) is 0 Å². The molecular formula is C24H16F2N2O4S. The summed E-state index contributed by atoms with van der Waals surface area (Å²) in [6.07, 6.45) is 0. The Morgan fingerprint density at radius 3 is 2.52 bits per heavy atom. The smallest absolute Gasteiger partial charge is 0.339 e. The van der Waals surface area contributed by atoms with E-state index < -0.39 is 30.0 Å². The van der Waals surface area contributed by atoms with Gasteiger partial charge in [0.1, 0.15) is 0 Å². The van der Waals surface area contributed by atoms with Crippen LogP contribution in [0.3, 0.4) is 0 Å². The molecule has 0 aliphatic carbocycles. The van der Waals surface area contributed by atoms with Gasteiger partial charge in [-0.1, -0.05) is 18.2 Å². The highest BCUT2D eigenvalue weighted by Gasteiger charge is 2.17. The van der Waals surface area contributed by atoms with E-state index in [2.05, 4.69) is 5.32 Å². The first kappa shape index (κ1) is 23.6. The number of hydrogen-bond acceptors (Lipinski definition) is 6. The molecule has 0 saturated heterocycles. The van der Waals surface area contributed by atoms with E-state index in [-0.39, 0.29) is 22.8 Å². The zero-order valence-corrected chi connectivity index (χ0v) is 17.8. The van der Waals surface area contributed by atoms with Gasteiger partial charge in [-0.3, -0.25) is 9.59 Å². The Kier molecular flexibility index (Phi) is 7.89. The molecule has 3 aromatic carbocycles. The summed E-state index contributed by atoms with van der Waals surface area (Å²) in [5.41, 5.74) is 0.913. The topological polar surface area (TPSA) is 96.3 Å². The van der Waals surface area contributed by atoms with Gasteiger partial charge in [-0.2, -0.15) is 5.26 Å². The largest absolute Gasteiger partial charge is 0.454 e. The van der Waals surface area contributed by atoms with Crippen LogP contribution in [0, 0.1) is 23.0 Å². The summed E-state index contributed by atoms with van der Waals surface area (Å²) in [4.78, 5) is 37.3. The van der Waals surface area contributed by atoms with Gasteiger partial charge in [0.05, 0.1) is 22.9 Å². The molecule has 0 aromatic heterocycles. The molecule has 3 rings (SSSR count). The first-order valence-corrected chi connectivity index (χ1v) is 10.5. The van der Waals surface area contributed by atoms with Gasteiger partial charge in [0.2, 0.25) is 5.91 Å². The number of Topliss-reactive ketones (excluding diaryl/α,β-unsaturated/α-hetero) is 1. The molecule has 9 heteroatoms. The van der Waals surface area contributed by atoms with Crippen molar-refractivity contribution in [3.63, 3.8) is 0 Å². The molecule has 0 heterocycles. The van der Waals surface area contributed by atoms with Crippen LogP contribution in [-0.4, -0.2) is 30.0 Å². The van der Waals surface area contributed by atoms with Gasteiger partial charge in [0, 0.05) is 16.1 Å². The molecule has 0 atom stereocenters. The lowest BCUT2D eigenvalue weighted by molar-refractivity contribution is -0.113. The minimum atomic E-state index is -1.17. The Hall–Kier alpha value is -4.03. The lowest BCUT2D eigenvalue weighted by Gasteiger charge is -2.10. The van der Waals surface area contributed by atoms with Gasteiger partial charge in [0.25, 0.3) is 0 Å². The Morgan fingerprint density at radius 1 is 0.970 bits per heavy atom. The highest BCUT2D eigenvalue weighted by Crippen LogP contribution is 2.24. The van der Waals surface area contributed by atoms with Crippen LogP contribution in [0.1, 0.15) is 26.3 Å². The molecule has 0 bridgehead atoms. The molecule has 6 nitrogen and oxygen atoms in total. The number of halogens is 2. The molecule has 0 aliphatic rings. The number of amides is 1. The van der Waals surface area contributed by atoms with E-state index in [0.717, 1.165) is 30.0 Å². The molecule has 33 heavy (non-hydrogen) atoms. The monoisotopic (exact) mass is 466 g/mol. The summed E-state index contributed by atoms with van der Waals surface area (Å²) >= 11 is 1.09. The molecule has 0 radical (unpaired) electrons. The average molecular weight is 466 g/mol. The Morgan fingerprint density at radius 2 is 1.76 bits per heavy atom. The van der Waals surface area contributed by atoms with E-state index in [1.54, 1.807) is 36.4 Å². The Balaban J connectivity index is 1.59. The van der Waals surface area contributed by atoms with Gasteiger partial charge in [-0.05, 0) is 48.5 Å². The number of ether oxygens (including phenoxy) is 1. The van der Waals surface area contributed by atoms with Crippen molar-refractivity contribution < 1.29 is 27.9 Å². The van der Waals surface area contributed by atoms with Crippen LogP contribution in [0.15, 0.2) is 71.6 Å². The number of carbonyl (C=O) groups is 3. The van der Waals surface area contributed by atoms with Crippen LogP contribution in [0.4, 0.5) is 14.5 Å². The third kappa shape index (κ3) is 6.48. The number of rotatable bonds is 8. The van der Waals surface area contributed by atoms with Gasteiger partial charge in [0.15, 0.2) is 24.0 Å². The average Bonchev–Trinajstić information content (AvgIpc) is 2.83. The summed E-state index contributed by atoms with van der Waals surface area (Å²) in [6, 6.07) is 17.5. The zero-order chi connectivity index (χ0) is 23.8. The standard InChI is InChI=1S/C24H16F2N2O4S/c25-19-9-8-16(11-20(19)26)21(29)13-32-24(31)18-6-1-2-7-22(18)33-14-23(30)28-17-5-3-4-15(10-17)12-27/h1-11H,13-14H2,(H,28,30). The molecule has 0 aliphatic heterocycles. The van der Waals surface area contributed by atoms with Crippen LogP contribution >= 0.6 is 11.8 Å². The maximum absolute atomic E-state index is 13.3. The maximum Gasteiger partial charge on any atom is 0.339 e. The minimum Gasteiger partial charge on any atom is -0.454 e. The molecule has 3 aromatic rings. The van der Waals surface area contributed by atoms with Gasteiger partial charge >= 0.3 is 5.97 Å². The number of esters is 1. The van der Waals surface area contributed by atoms with Crippen LogP contribution in [0.5, 0.6) is 0 Å². The number of nitrogens with one attached hydrogen (secondary N) is 1.